The second-order valence-corrected chi connectivity index (χ2v) is 3.43. The molecule has 0 radical (unpaired) electrons. The zero-order chi connectivity index (χ0) is 14.3. The lowest BCUT2D eigenvalue weighted by Crippen LogP contribution is -2.14. The number of hydrogen-bond acceptors (Lipinski definition) is 6. The topological polar surface area (TPSA) is 112 Å². The maximum absolute atomic E-state index is 10.1. The van der Waals surface area contributed by atoms with Crippen LogP contribution in [0.4, 0.5) is 0 Å². The Bertz CT molecular complexity index is 219. The summed E-state index contributed by atoms with van der Waals surface area (Å²) in [6.45, 7) is 1.88. The molecule has 0 aromatic rings. The number of carboxylic acids is 2. The van der Waals surface area contributed by atoms with Gasteiger partial charge in [-0.15, -0.1) is 0 Å². The summed E-state index contributed by atoms with van der Waals surface area (Å²) >= 11 is 0. The van der Waals surface area contributed by atoms with E-state index in [0.717, 1.165) is 0 Å². The molecule has 0 atom stereocenters. The molecule has 0 heterocycles. The predicted octanol–water partition coefficient (Wildman–Crippen LogP) is -0.388. The van der Waals surface area contributed by atoms with Crippen molar-refractivity contribution in [2.75, 3.05) is 52.9 Å². The average Bonchev–Trinajstić information content (AvgIpc) is 2.34. The van der Waals surface area contributed by atoms with Gasteiger partial charge in [0, 0.05) is 0 Å². The standard InChI is InChI=1S/C11H20O8/c12-10(13)1-2-16-3-4-17-5-6-18-7-8-19-9-11(14)15/h1-9H2,(H,12,13)(H,14,15). The minimum Gasteiger partial charge on any atom is -0.481 e. The number of hydrogen-bond donors (Lipinski definition) is 2. The number of rotatable bonds is 14. The normalized spacial score (nSPS) is 10.5. The molecule has 0 aromatic heterocycles. The minimum atomic E-state index is -1.01. The van der Waals surface area contributed by atoms with Crippen LogP contribution in [0.25, 0.3) is 0 Å². The van der Waals surface area contributed by atoms with Crippen LogP contribution in [0.3, 0.4) is 0 Å². The molecule has 0 spiro atoms. The average molecular weight is 280 g/mol. The van der Waals surface area contributed by atoms with Gasteiger partial charge >= 0.3 is 11.9 Å². The smallest absolute Gasteiger partial charge is 0.329 e. The molecule has 112 valence electrons. The molecular weight excluding hydrogens is 260 g/mol. The van der Waals surface area contributed by atoms with Gasteiger partial charge in [-0.2, -0.15) is 0 Å². The van der Waals surface area contributed by atoms with Crippen LogP contribution >= 0.6 is 0 Å². The molecule has 0 fully saturated rings. The molecule has 0 bridgehead atoms. The molecule has 8 nitrogen and oxygen atoms in total. The molecule has 2 N–H and O–H groups in total. The third-order valence-electron chi connectivity index (χ3n) is 1.80. The fourth-order valence-electron chi connectivity index (χ4n) is 0.979. The van der Waals surface area contributed by atoms with E-state index in [0.29, 0.717) is 33.0 Å². The number of ether oxygens (including phenoxy) is 4. The van der Waals surface area contributed by atoms with Crippen molar-refractivity contribution in [3.05, 3.63) is 0 Å². The van der Waals surface area contributed by atoms with Gasteiger partial charge in [-0.1, -0.05) is 0 Å². The first-order valence-corrected chi connectivity index (χ1v) is 5.87. The zero-order valence-corrected chi connectivity index (χ0v) is 10.7. The highest BCUT2D eigenvalue weighted by molar-refractivity contribution is 5.68. The highest BCUT2D eigenvalue weighted by Gasteiger charge is 1.97. The zero-order valence-electron chi connectivity index (χ0n) is 10.7. The lowest BCUT2D eigenvalue weighted by atomic mass is 10.5. The molecule has 8 heteroatoms. The molecule has 0 amide bonds. The van der Waals surface area contributed by atoms with Crippen LogP contribution in [-0.4, -0.2) is 75.0 Å². The first-order chi connectivity index (χ1) is 9.13. The molecule has 0 aliphatic rings. The Morgan fingerprint density at radius 1 is 0.632 bits per heavy atom. The van der Waals surface area contributed by atoms with Crippen molar-refractivity contribution < 1.29 is 38.7 Å². The van der Waals surface area contributed by atoms with Crippen molar-refractivity contribution in [2.45, 2.75) is 6.42 Å². The first-order valence-electron chi connectivity index (χ1n) is 5.87. The first kappa shape index (κ1) is 17.8. The van der Waals surface area contributed by atoms with E-state index in [1.807, 2.05) is 0 Å². The van der Waals surface area contributed by atoms with Crippen LogP contribution in [0.5, 0.6) is 0 Å². The monoisotopic (exact) mass is 280 g/mol. The van der Waals surface area contributed by atoms with Gasteiger partial charge in [0.1, 0.15) is 6.61 Å². The molecule has 0 saturated heterocycles. The van der Waals surface area contributed by atoms with Gasteiger partial charge in [0.2, 0.25) is 0 Å². The summed E-state index contributed by atoms with van der Waals surface area (Å²) < 4.78 is 20.0. The Labute approximate surface area is 111 Å². The number of carbonyl (C=O) groups is 2. The SMILES string of the molecule is O=C(O)CCOCCOCCOCCOCC(=O)O. The lowest BCUT2D eigenvalue weighted by Gasteiger charge is -2.06. The van der Waals surface area contributed by atoms with Crippen LogP contribution in [0.2, 0.25) is 0 Å². The second-order valence-electron chi connectivity index (χ2n) is 3.43. The van der Waals surface area contributed by atoms with Crippen molar-refractivity contribution >= 4 is 11.9 Å². The van der Waals surface area contributed by atoms with Gasteiger partial charge in [-0.25, -0.2) is 4.79 Å². The Kier molecular flexibility index (Phi) is 12.4. The third-order valence-corrected chi connectivity index (χ3v) is 1.80. The lowest BCUT2D eigenvalue weighted by molar-refractivity contribution is -0.142. The highest BCUT2D eigenvalue weighted by atomic mass is 16.6. The van der Waals surface area contributed by atoms with Crippen LogP contribution in [0.1, 0.15) is 6.42 Å². The van der Waals surface area contributed by atoms with Crippen molar-refractivity contribution in [3.63, 3.8) is 0 Å². The molecule has 0 aromatic carbocycles. The Hall–Kier alpha value is -1.22. The number of aliphatic carboxylic acids is 2. The molecule has 0 unspecified atom stereocenters. The molecule has 0 aliphatic heterocycles. The Balaban J connectivity index is 2.99. The summed E-state index contributed by atoms with van der Waals surface area (Å²) in [5.41, 5.74) is 0. The van der Waals surface area contributed by atoms with Crippen LogP contribution in [-0.2, 0) is 28.5 Å². The van der Waals surface area contributed by atoms with E-state index in [2.05, 4.69) is 0 Å². The van der Waals surface area contributed by atoms with Gasteiger partial charge in [0.05, 0.1) is 52.7 Å². The van der Waals surface area contributed by atoms with Crippen LogP contribution < -0.4 is 0 Å². The maximum Gasteiger partial charge on any atom is 0.329 e. The van der Waals surface area contributed by atoms with Gasteiger partial charge < -0.3 is 29.2 Å². The Morgan fingerprint density at radius 2 is 1.05 bits per heavy atom. The summed E-state index contributed by atoms with van der Waals surface area (Å²) in [4.78, 5) is 20.2. The molecule has 0 aliphatic carbocycles. The van der Waals surface area contributed by atoms with Crippen molar-refractivity contribution in [3.8, 4) is 0 Å². The van der Waals surface area contributed by atoms with E-state index < -0.39 is 11.9 Å². The van der Waals surface area contributed by atoms with Gasteiger partial charge in [-0.3, -0.25) is 4.79 Å². The second kappa shape index (κ2) is 13.2. The molecule has 19 heavy (non-hydrogen) atoms. The van der Waals surface area contributed by atoms with E-state index >= 15 is 0 Å². The minimum absolute atomic E-state index is 0.0144. The van der Waals surface area contributed by atoms with Gasteiger partial charge in [0.25, 0.3) is 0 Å². The predicted molar refractivity (Wildman–Crippen MR) is 63.2 cm³/mol. The quantitative estimate of drug-likeness (QED) is 0.414. The third kappa shape index (κ3) is 16.8. The summed E-state index contributed by atoms with van der Waals surface area (Å²) in [5, 5.41) is 16.6. The molecule has 0 rings (SSSR count). The van der Waals surface area contributed by atoms with Crippen molar-refractivity contribution in [1.82, 2.24) is 0 Å². The summed E-state index contributed by atoms with van der Waals surface area (Å²) in [7, 11) is 0. The van der Waals surface area contributed by atoms with E-state index in [4.69, 9.17) is 29.2 Å². The van der Waals surface area contributed by atoms with Gasteiger partial charge in [0.15, 0.2) is 0 Å². The van der Waals surface area contributed by atoms with E-state index in [1.165, 1.54) is 0 Å². The molecular formula is C11H20O8. The molecule has 0 saturated carbocycles. The summed E-state index contributed by atoms with van der Waals surface area (Å²) in [6.07, 6.45) is -0.0144. The van der Waals surface area contributed by atoms with Gasteiger partial charge in [-0.05, 0) is 0 Å². The summed E-state index contributed by atoms with van der Waals surface area (Å²) in [6, 6.07) is 0. The largest absolute Gasteiger partial charge is 0.481 e. The summed E-state index contributed by atoms with van der Waals surface area (Å²) in [5.74, 6) is -1.90. The van der Waals surface area contributed by atoms with E-state index in [9.17, 15) is 9.59 Å². The fourth-order valence-corrected chi connectivity index (χ4v) is 0.979. The number of carboxylic acid groups (broad SMARTS) is 2. The maximum atomic E-state index is 10.1. The van der Waals surface area contributed by atoms with Crippen molar-refractivity contribution in [2.24, 2.45) is 0 Å². The van der Waals surface area contributed by atoms with E-state index in [1.54, 1.807) is 0 Å². The van der Waals surface area contributed by atoms with Crippen molar-refractivity contribution in [1.29, 1.82) is 0 Å². The van der Waals surface area contributed by atoms with Crippen LogP contribution in [0, 0.1) is 0 Å². The van der Waals surface area contributed by atoms with Crippen LogP contribution in [0.15, 0.2) is 0 Å². The fraction of sp³-hybridized carbons (Fsp3) is 0.818. The highest BCUT2D eigenvalue weighted by Crippen LogP contribution is 1.85. The Morgan fingerprint density at radius 3 is 1.47 bits per heavy atom. The van der Waals surface area contributed by atoms with E-state index in [-0.39, 0.29) is 26.2 Å².